The first-order chi connectivity index (χ1) is 12.7. The van der Waals surface area contributed by atoms with Gasteiger partial charge in [0.05, 0.1) is 16.1 Å². The number of amides is 1. The van der Waals surface area contributed by atoms with E-state index in [1.54, 1.807) is 4.89 Å². The van der Waals surface area contributed by atoms with Crippen LogP contribution in [0.3, 0.4) is 0 Å². The van der Waals surface area contributed by atoms with Gasteiger partial charge in [-0.15, -0.1) is 0 Å². The standard InChI is InChI=1S/C15H15N3O7S2/c1-10(19)16-11-6-8-12(9-7-11)27(23,24)17-14-5-3-2-4-13(14)15(20)25-18-26(21)22/h2-9,17-18H,1H3,(H,16,19)(H,21,22). The van der Waals surface area contributed by atoms with Crippen molar-refractivity contribution in [1.82, 2.24) is 4.89 Å². The number of anilines is 2. The molecule has 1 atom stereocenters. The molecule has 0 spiro atoms. The van der Waals surface area contributed by atoms with E-state index in [9.17, 15) is 22.2 Å². The van der Waals surface area contributed by atoms with Gasteiger partial charge in [0.25, 0.3) is 21.3 Å². The van der Waals surface area contributed by atoms with Crippen molar-refractivity contribution in [3.63, 3.8) is 0 Å². The lowest BCUT2D eigenvalue weighted by Gasteiger charge is -2.12. The van der Waals surface area contributed by atoms with Crippen LogP contribution in [0.4, 0.5) is 11.4 Å². The van der Waals surface area contributed by atoms with Gasteiger partial charge in [0.2, 0.25) is 5.91 Å². The minimum Gasteiger partial charge on any atom is -0.351 e. The minimum atomic E-state index is -4.05. The molecule has 0 radical (unpaired) electrons. The smallest absolute Gasteiger partial charge is 0.351 e. The van der Waals surface area contributed by atoms with Crippen LogP contribution in [-0.2, 0) is 30.9 Å². The Kier molecular flexibility index (Phi) is 6.63. The molecule has 2 rings (SSSR count). The van der Waals surface area contributed by atoms with Crippen molar-refractivity contribution in [3.8, 4) is 0 Å². The molecule has 2 aromatic carbocycles. The highest BCUT2D eigenvalue weighted by atomic mass is 32.2. The second kappa shape index (κ2) is 8.73. The molecule has 0 saturated heterocycles. The Morgan fingerprint density at radius 1 is 1.07 bits per heavy atom. The zero-order valence-corrected chi connectivity index (χ0v) is 15.5. The van der Waals surface area contributed by atoms with E-state index in [0.29, 0.717) is 5.69 Å². The van der Waals surface area contributed by atoms with Crippen molar-refractivity contribution in [2.24, 2.45) is 0 Å². The van der Waals surface area contributed by atoms with Gasteiger partial charge < -0.3 is 10.2 Å². The monoisotopic (exact) mass is 413 g/mol. The maximum Gasteiger partial charge on any atom is 0.359 e. The number of benzene rings is 2. The topological polar surface area (TPSA) is 151 Å². The molecule has 1 unspecified atom stereocenters. The molecular formula is C15H15N3O7S2. The van der Waals surface area contributed by atoms with E-state index < -0.39 is 27.3 Å². The fourth-order valence-corrected chi connectivity index (χ4v) is 3.23. The lowest BCUT2D eigenvalue weighted by atomic mass is 10.2. The maximum absolute atomic E-state index is 12.5. The molecule has 0 fully saturated rings. The third kappa shape index (κ3) is 5.86. The van der Waals surface area contributed by atoms with Crippen LogP contribution in [0, 0.1) is 0 Å². The van der Waals surface area contributed by atoms with Gasteiger partial charge in [-0.3, -0.25) is 14.1 Å². The zero-order chi connectivity index (χ0) is 20.0. The molecule has 27 heavy (non-hydrogen) atoms. The van der Waals surface area contributed by atoms with Crippen LogP contribution in [0.1, 0.15) is 17.3 Å². The Hall–Kier alpha value is -2.80. The molecule has 0 saturated carbocycles. The van der Waals surface area contributed by atoms with Crippen LogP contribution in [0.25, 0.3) is 0 Å². The third-order valence-corrected chi connectivity index (χ3v) is 4.69. The SMILES string of the molecule is CC(=O)Nc1ccc(S(=O)(=O)Nc2ccccc2C(=O)ONS(=O)O)cc1. The zero-order valence-electron chi connectivity index (χ0n) is 13.8. The third-order valence-electron chi connectivity index (χ3n) is 3.08. The van der Waals surface area contributed by atoms with Gasteiger partial charge in [0.1, 0.15) is 0 Å². The van der Waals surface area contributed by atoms with Crippen LogP contribution in [0.5, 0.6) is 0 Å². The number of rotatable bonds is 7. The average molecular weight is 413 g/mol. The molecule has 0 heterocycles. The Bertz CT molecular complexity index is 975. The Labute approximate surface area is 157 Å². The van der Waals surface area contributed by atoms with E-state index in [0.717, 1.165) is 0 Å². The van der Waals surface area contributed by atoms with Gasteiger partial charge in [0, 0.05) is 12.6 Å². The average Bonchev–Trinajstić information content (AvgIpc) is 2.59. The summed E-state index contributed by atoms with van der Waals surface area (Å²) in [5.74, 6) is -1.36. The second-order valence-corrected chi connectivity index (χ2v) is 7.43. The van der Waals surface area contributed by atoms with Crippen LogP contribution in [0.2, 0.25) is 0 Å². The predicted octanol–water partition coefficient (Wildman–Crippen LogP) is 1.24. The first-order valence-corrected chi connectivity index (χ1v) is 9.85. The minimum absolute atomic E-state index is 0.0843. The molecule has 0 aromatic heterocycles. The summed E-state index contributed by atoms with van der Waals surface area (Å²) in [6.45, 7) is 1.32. The Balaban J connectivity index is 2.24. The van der Waals surface area contributed by atoms with E-state index >= 15 is 0 Å². The van der Waals surface area contributed by atoms with Crippen LogP contribution >= 0.6 is 0 Å². The number of hydrogen-bond acceptors (Lipinski definition) is 6. The van der Waals surface area contributed by atoms with Gasteiger partial charge in [-0.05, 0) is 41.3 Å². The fraction of sp³-hybridized carbons (Fsp3) is 0.0667. The summed E-state index contributed by atoms with van der Waals surface area (Å²) >= 11 is -2.58. The van der Waals surface area contributed by atoms with Crippen LogP contribution in [-0.4, -0.2) is 29.1 Å². The summed E-state index contributed by atoms with van der Waals surface area (Å²) in [6.07, 6.45) is 0. The Morgan fingerprint density at radius 2 is 1.70 bits per heavy atom. The van der Waals surface area contributed by atoms with Gasteiger partial charge in [0.15, 0.2) is 0 Å². The van der Waals surface area contributed by atoms with Crippen molar-refractivity contribution < 1.29 is 31.6 Å². The molecule has 4 N–H and O–H groups in total. The lowest BCUT2D eigenvalue weighted by molar-refractivity contribution is -0.114. The number of nitrogens with one attached hydrogen (secondary N) is 3. The molecule has 144 valence electrons. The summed E-state index contributed by atoms with van der Waals surface area (Å²) in [5.41, 5.74) is 0.168. The number of carbonyl (C=O) groups is 2. The molecule has 0 aliphatic rings. The van der Waals surface area contributed by atoms with E-state index in [2.05, 4.69) is 14.9 Å². The summed E-state index contributed by atoms with van der Waals surface area (Å²) in [7, 11) is -4.05. The van der Waals surface area contributed by atoms with Gasteiger partial charge >= 0.3 is 5.97 Å². The molecule has 1 amide bonds. The summed E-state index contributed by atoms with van der Waals surface area (Å²) in [5, 5.41) is 2.51. The highest BCUT2D eigenvalue weighted by Crippen LogP contribution is 2.22. The summed E-state index contributed by atoms with van der Waals surface area (Å²) < 4.78 is 46.4. The van der Waals surface area contributed by atoms with Crippen LogP contribution < -0.4 is 14.9 Å². The van der Waals surface area contributed by atoms with Crippen molar-refractivity contribution in [3.05, 3.63) is 54.1 Å². The van der Waals surface area contributed by atoms with Crippen molar-refractivity contribution >= 4 is 44.5 Å². The predicted molar refractivity (Wildman–Crippen MR) is 97.3 cm³/mol. The lowest BCUT2D eigenvalue weighted by Crippen LogP contribution is -2.23. The molecule has 12 heteroatoms. The molecule has 0 aliphatic heterocycles. The maximum atomic E-state index is 12.5. The summed E-state index contributed by atoms with van der Waals surface area (Å²) in [4.78, 5) is 28.8. The Morgan fingerprint density at radius 3 is 2.30 bits per heavy atom. The molecule has 10 nitrogen and oxygen atoms in total. The molecule has 2 aromatic rings. The number of carbonyl (C=O) groups excluding carboxylic acids is 2. The summed E-state index contributed by atoms with van der Waals surface area (Å²) in [6, 6.07) is 11.0. The highest BCUT2D eigenvalue weighted by molar-refractivity contribution is 7.92. The van der Waals surface area contributed by atoms with E-state index in [1.165, 1.54) is 55.5 Å². The normalized spacial score (nSPS) is 12.1. The van der Waals surface area contributed by atoms with Gasteiger partial charge in [-0.1, -0.05) is 12.1 Å². The van der Waals surface area contributed by atoms with Gasteiger partial charge in [-0.25, -0.2) is 17.4 Å². The first kappa shape index (κ1) is 20.5. The van der Waals surface area contributed by atoms with E-state index in [-0.39, 0.29) is 22.1 Å². The van der Waals surface area contributed by atoms with E-state index in [4.69, 9.17) is 4.55 Å². The molecular weight excluding hydrogens is 398 g/mol. The van der Waals surface area contributed by atoms with Crippen LogP contribution in [0.15, 0.2) is 53.4 Å². The quantitative estimate of drug-likeness (QED) is 0.394. The molecule has 0 bridgehead atoms. The van der Waals surface area contributed by atoms with E-state index in [1.807, 2.05) is 0 Å². The highest BCUT2D eigenvalue weighted by Gasteiger charge is 2.20. The van der Waals surface area contributed by atoms with Crippen molar-refractivity contribution in [1.29, 1.82) is 0 Å². The first-order valence-electron chi connectivity index (χ1n) is 7.26. The second-order valence-electron chi connectivity index (χ2n) is 5.08. The fourth-order valence-electron chi connectivity index (χ4n) is 2.00. The number of para-hydroxylation sites is 1. The van der Waals surface area contributed by atoms with Crippen molar-refractivity contribution in [2.45, 2.75) is 11.8 Å². The largest absolute Gasteiger partial charge is 0.359 e. The molecule has 0 aliphatic carbocycles. The number of sulfonamides is 1. The van der Waals surface area contributed by atoms with Gasteiger partial charge in [-0.2, -0.15) is 0 Å². The van der Waals surface area contributed by atoms with Crippen molar-refractivity contribution in [2.75, 3.05) is 10.0 Å². The number of hydrogen-bond donors (Lipinski definition) is 4.